The Morgan fingerprint density at radius 2 is 2.00 bits per heavy atom. The van der Waals surface area contributed by atoms with Gasteiger partial charge in [0, 0.05) is 12.6 Å². The van der Waals surface area contributed by atoms with Gasteiger partial charge in [-0.25, -0.2) is 4.39 Å². The summed E-state index contributed by atoms with van der Waals surface area (Å²) in [7, 11) is 0. The summed E-state index contributed by atoms with van der Waals surface area (Å²) in [6.07, 6.45) is -0.208. The van der Waals surface area contributed by atoms with E-state index in [0.29, 0.717) is 0 Å². The van der Waals surface area contributed by atoms with Gasteiger partial charge in [-0.2, -0.15) is 0 Å². The van der Waals surface area contributed by atoms with Crippen molar-refractivity contribution in [3.8, 4) is 5.75 Å². The highest BCUT2D eigenvalue weighted by atomic mass is 19.1. The Bertz CT molecular complexity index is 488. The quantitative estimate of drug-likeness (QED) is 0.855. The summed E-state index contributed by atoms with van der Waals surface area (Å²) in [5.74, 6) is -2.58. The van der Waals surface area contributed by atoms with Crippen LogP contribution in [-0.4, -0.2) is 39.6 Å². The molecule has 0 saturated heterocycles. The lowest BCUT2D eigenvalue weighted by Gasteiger charge is -2.26. The second-order valence-corrected chi connectivity index (χ2v) is 4.40. The number of rotatable bonds is 5. The Kier molecular flexibility index (Phi) is 4.86. The Morgan fingerprint density at radius 1 is 1.37 bits per heavy atom. The second-order valence-electron chi connectivity index (χ2n) is 4.40. The first kappa shape index (κ1) is 14.9. The van der Waals surface area contributed by atoms with Gasteiger partial charge in [0.15, 0.2) is 0 Å². The zero-order valence-electron chi connectivity index (χ0n) is 10.8. The van der Waals surface area contributed by atoms with Crippen LogP contribution in [0.3, 0.4) is 0 Å². The number of carboxylic acid groups (broad SMARTS) is 1. The topological polar surface area (TPSA) is 77.8 Å². The third-order valence-corrected chi connectivity index (χ3v) is 2.64. The van der Waals surface area contributed by atoms with E-state index in [4.69, 9.17) is 5.11 Å². The molecule has 0 spiro atoms. The fraction of sp³-hybridized carbons (Fsp3) is 0.385. The largest absolute Gasteiger partial charge is 0.507 e. The van der Waals surface area contributed by atoms with E-state index in [1.807, 2.05) is 0 Å². The number of halogens is 1. The number of carboxylic acids is 1. The highest BCUT2D eigenvalue weighted by Crippen LogP contribution is 2.21. The number of carbonyl (C=O) groups excluding carboxylic acids is 1. The number of phenolic OH excluding ortho intramolecular Hbond substituents is 1. The van der Waals surface area contributed by atoms with Crippen molar-refractivity contribution in [2.45, 2.75) is 26.3 Å². The third kappa shape index (κ3) is 3.94. The molecule has 0 aliphatic heterocycles. The van der Waals surface area contributed by atoms with Crippen LogP contribution in [0, 0.1) is 5.82 Å². The van der Waals surface area contributed by atoms with E-state index in [1.54, 1.807) is 13.8 Å². The van der Waals surface area contributed by atoms with Crippen LogP contribution in [0.25, 0.3) is 0 Å². The minimum Gasteiger partial charge on any atom is -0.507 e. The van der Waals surface area contributed by atoms with Gasteiger partial charge < -0.3 is 15.1 Å². The van der Waals surface area contributed by atoms with Crippen molar-refractivity contribution in [2.75, 3.05) is 6.54 Å². The van der Waals surface area contributed by atoms with Gasteiger partial charge in [0.05, 0.1) is 12.0 Å². The van der Waals surface area contributed by atoms with E-state index in [1.165, 1.54) is 4.90 Å². The maximum atomic E-state index is 13.1. The molecule has 1 amide bonds. The number of hydrogen-bond donors (Lipinski definition) is 2. The molecule has 19 heavy (non-hydrogen) atoms. The number of aromatic hydroxyl groups is 1. The van der Waals surface area contributed by atoms with E-state index < -0.39 is 17.7 Å². The van der Waals surface area contributed by atoms with Crippen LogP contribution in [0.1, 0.15) is 30.6 Å². The summed E-state index contributed by atoms with van der Waals surface area (Å²) in [5.41, 5.74) is -0.168. The molecule has 1 rings (SSSR count). The molecule has 0 heterocycles. The van der Waals surface area contributed by atoms with Gasteiger partial charge in [-0.1, -0.05) is 0 Å². The van der Waals surface area contributed by atoms with Crippen molar-refractivity contribution in [3.63, 3.8) is 0 Å². The average Bonchev–Trinajstić information content (AvgIpc) is 2.31. The zero-order chi connectivity index (χ0) is 14.6. The number of benzene rings is 1. The molecule has 0 unspecified atom stereocenters. The number of amides is 1. The third-order valence-electron chi connectivity index (χ3n) is 2.64. The Balaban J connectivity index is 2.99. The number of carbonyl (C=O) groups is 2. The standard InChI is InChI=1S/C13H16FNO4/c1-8(2)15(6-5-12(17)18)13(19)10-7-9(14)3-4-11(10)16/h3-4,7-8,16H,5-6H2,1-2H3,(H,17,18). The number of phenols is 1. The van der Waals surface area contributed by atoms with Crippen LogP contribution in [-0.2, 0) is 4.79 Å². The van der Waals surface area contributed by atoms with Crippen molar-refractivity contribution in [2.24, 2.45) is 0 Å². The highest BCUT2D eigenvalue weighted by Gasteiger charge is 2.22. The number of hydrogen-bond acceptors (Lipinski definition) is 3. The summed E-state index contributed by atoms with van der Waals surface area (Å²) >= 11 is 0. The summed E-state index contributed by atoms with van der Waals surface area (Å²) < 4.78 is 13.1. The van der Waals surface area contributed by atoms with E-state index in [2.05, 4.69) is 0 Å². The number of nitrogens with zero attached hydrogens (tertiary/aromatic N) is 1. The minimum absolute atomic E-state index is 0.00177. The molecule has 0 saturated carbocycles. The van der Waals surface area contributed by atoms with Gasteiger partial charge in [0.2, 0.25) is 0 Å². The molecular weight excluding hydrogens is 253 g/mol. The summed E-state index contributed by atoms with van der Waals surface area (Å²) in [5, 5.41) is 18.2. The molecule has 0 aliphatic rings. The highest BCUT2D eigenvalue weighted by molar-refractivity contribution is 5.97. The Hall–Kier alpha value is -2.11. The van der Waals surface area contributed by atoms with E-state index in [0.717, 1.165) is 18.2 Å². The van der Waals surface area contributed by atoms with Gasteiger partial charge in [0.1, 0.15) is 11.6 Å². The van der Waals surface area contributed by atoms with Crippen molar-refractivity contribution in [1.29, 1.82) is 0 Å². The fourth-order valence-electron chi connectivity index (χ4n) is 1.64. The summed E-state index contributed by atoms with van der Waals surface area (Å²) in [6.45, 7) is 3.44. The molecule has 0 fully saturated rings. The normalized spacial score (nSPS) is 10.5. The first-order chi connectivity index (χ1) is 8.82. The maximum Gasteiger partial charge on any atom is 0.305 e. The van der Waals surface area contributed by atoms with Gasteiger partial charge in [-0.3, -0.25) is 9.59 Å². The van der Waals surface area contributed by atoms with Crippen LogP contribution in [0.15, 0.2) is 18.2 Å². The maximum absolute atomic E-state index is 13.1. The van der Waals surface area contributed by atoms with Gasteiger partial charge in [-0.15, -0.1) is 0 Å². The summed E-state index contributed by atoms with van der Waals surface area (Å²) in [6, 6.07) is 2.82. The van der Waals surface area contributed by atoms with Gasteiger partial charge in [-0.05, 0) is 32.0 Å². The zero-order valence-corrected chi connectivity index (χ0v) is 10.8. The molecule has 0 bridgehead atoms. The molecule has 2 N–H and O–H groups in total. The lowest BCUT2D eigenvalue weighted by molar-refractivity contribution is -0.137. The van der Waals surface area contributed by atoms with Crippen LogP contribution in [0.5, 0.6) is 5.75 Å². The molecule has 0 atom stereocenters. The SMILES string of the molecule is CC(C)N(CCC(=O)O)C(=O)c1cc(F)ccc1O. The van der Waals surface area contributed by atoms with Gasteiger partial charge >= 0.3 is 5.97 Å². The van der Waals surface area contributed by atoms with Crippen LogP contribution < -0.4 is 0 Å². The molecule has 5 nitrogen and oxygen atoms in total. The Morgan fingerprint density at radius 3 is 2.53 bits per heavy atom. The van der Waals surface area contributed by atoms with Crippen LogP contribution >= 0.6 is 0 Å². The molecular formula is C13H16FNO4. The van der Waals surface area contributed by atoms with Crippen LogP contribution in [0.4, 0.5) is 4.39 Å². The molecule has 6 heteroatoms. The molecule has 104 valence electrons. The molecule has 1 aromatic rings. The lowest BCUT2D eigenvalue weighted by atomic mass is 10.1. The van der Waals surface area contributed by atoms with Crippen molar-refractivity contribution < 1.29 is 24.2 Å². The molecule has 0 aliphatic carbocycles. The predicted molar refractivity (Wildman–Crippen MR) is 66.5 cm³/mol. The first-order valence-corrected chi connectivity index (χ1v) is 5.84. The Labute approximate surface area is 110 Å². The van der Waals surface area contributed by atoms with Crippen molar-refractivity contribution >= 4 is 11.9 Å². The first-order valence-electron chi connectivity index (χ1n) is 5.84. The number of aliphatic carboxylic acids is 1. The van der Waals surface area contributed by atoms with Gasteiger partial charge in [0.25, 0.3) is 5.91 Å². The average molecular weight is 269 g/mol. The summed E-state index contributed by atoms with van der Waals surface area (Å²) in [4.78, 5) is 24.0. The van der Waals surface area contributed by atoms with E-state index in [-0.39, 0.29) is 30.3 Å². The van der Waals surface area contributed by atoms with Crippen LogP contribution in [0.2, 0.25) is 0 Å². The smallest absolute Gasteiger partial charge is 0.305 e. The molecule has 0 radical (unpaired) electrons. The predicted octanol–water partition coefficient (Wildman–Crippen LogP) is 1.86. The molecule has 1 aromatic carbocycles. The van der Waals surface area contributed by atoms with E-state index >= 15 is 0 Å². The minimum atomic E-state index is -1.03. The fourth-order valence-corrected chi connectivity index (χ4v) is 1.64. The molecule has 0 aromatic heterocycles. The van der Waals surface area contributed by atoms with Crippen molar-refractivity contribution in [3.05, 3.63) is 29.6 Å². The lowest BCUT2D eigenvalue weighted by Crippen LogP contribution is -2.38. The van der Waals surface area contributed by atoms with E-state index in [9.17, 15) is 19.1 Å². The van der Waals surface area contributed by atoms with Crippen molar-refractivity contribution in [1.82, 2.24) is 4.90 Å². The monoisotopic (exact) mass is 269 g/mol. The second kappa shape index (κ2) is 6.17.